The molecule has 29 heavy (non-hydrogen) atoms. The normalized spacial score (nSPS) is 15.2. The maximum atomic E-state index is 14.7. The van der Waals surface area contributed by atoms with E-state index in [4.69, 9.17) is 4.74 Å². The minimum atomic E-state index is -1.26. The Morgan fingerprint density at radius 1 is 1.17 bits per heavy atom. The van der Waals surface area contributed by atoms with Crippen LogP contribution in [0.1, 0.15) is 25.6 Å². The fourth-order valence-electron chi connectivity index (χ4n) is 3.16. The Bertz CT molecular complexity index is 1100. The molecule has 3 aromatic rings. The van der Waals surface area contributed by atoms with Gasteiger partial charge in [-0.05, 0) is 17.9 Å². The molecule has 9 heteroatoms. The molecule has 6 nitrogen and oxygen atoms in total. The lowest BCUT2D eigenvalue weighted by atomic mass is 10.1. The second kappa shape index (κ2) is 7.75. The molecule has 0 unspecified atom stereocenters. The van der Waals surface area contributed by atoms with Gasteiger partial charge in [0.15, 0.2) is 17.3 Å². The van der Waals surface area contributed by atoms with Gasteiger partial charge in [-0.1, -0.05) is 49.0 Å². The number of carbonyl (C=O) groups is 1. The number of thioether (sulfide) groups is 1. The average Bonchev–Trinajstić information content (AvgIpc) is 2.84. The second-order valence-corrected chi connectivity index (χ2v) is 7.43. The van der Waals surface area contributed by atoms with Gasteiger partial charge in [0, 0.05) is 12.5 Å². The van der Waals surface area contributed by atoms with Gasteiger partial charge in [-0.2, -0.15) is 4.98 Å². The van der Waals surface area contributed by atoms with Crippen LogP contribution in [0.15, 0.2) is 47.6 Å². The fourth-order valence-corrected chi connectivity index (χ4v) is 3.66. The number of ether oxygens (including phenoxy) is 1. The maximum absolute atomic E-state index is 14.7. The highest BCUT2D eigenvalue weighted by atomic mass is 32.2. The lowest BCUT2D eigenvalue weighted by Gasteiger charge is -2.30. The topological polar surface area (TPSA) is 68.2 Å². The number of benzene rings is 2. The first kappa shape index (κ1) is 19.3. The molecular weight excluding hydrogens is 398 g/mol. The largest absolute Gasteiger partial charge is 0.447 e. The molecule has 0 saturated carbocycles. The highest BCUT2D eigenvalue weighted by Gasteiger charge is 2.36. The number of rotatable bonds is 3. The van der Waals surface area contributed by atoms with Crippen molar-refractivity contribution in [3.63, 3.8) is 0 Å². The van der Waals surface area contributed by atoms with E-state index in [2.05, 4.69) is 15.2 Å². The van der Waals surface area contributed by atoms with Crippen LogP contribution in [0.3, 0.4) is 0 Å². The first-order valence-corrected chi connectivity index (χ1v) is 9.87. The SMILES string of the molecule is CCSc1nnc2c(n1)O[C@@H](c1cccc(F)c1F)N(C(C)=O)c1ccccc1-2. The van der Waals surface area contributed by atoms with Crippen LogP contribution in [0.5, 0.6) is 5.88 Å². The Morgan fingerprint density at radius 3 is 2.72 bits per heavy atom. The van der Waals surface area contributed by atoms with Gasteiger partial charge in [0.05, 0.1) is 11.3 Å². The van der Waals surface area contributed by atoms with E-state index in [0.29, 0.717) is 22.1 Å². The molecule has 4 rings (SSSR count). The summed E-state index contributed by atoms with van der Waals surface area (Å²) in [6.45, 7) is 3.27. The summed E-state index contributed by atoms with van der Waals surface area (Å²) in [5, 5.41) is 8.73. The molecule has 0 fully saturated rings. The van der Waals surface area contributed by atoms with Gasteiger partial charge in [0.25, 0.3) is 0 Å². The van der Waals surface area contributed by atoms with Gasteiger partial charge in [-0.15, -0.1) is 10.2 Å². The van der Waals surface area contributed by atoms with Crippen molar-refractivity contribution < 1.29 is 18.3 Å². The second-order valence-electron chi connectivity index (χ2n) is 6.20. The van der Waals surface area contributed by atoms with Crippen LogP contribution in [0, 0.1) is 11.6 Å². The molecule has 0 spiro atoms. The lowest BCUT2D eigenvalue weighted by Crippen LogP contribution is -2.36. The quantitative estimate of drug-likeness (QED) is 0.593. The van der Waals surface area contributed by atoms with Crippen LogP contribution in [-0.2, 0) is 4.79 Å². The van der Waals surface area contributed by atoms with Gasteiger partial charge in [-0.25, -0.2) is 8.78 Å². The van der Waals surface area contributed by atoms with Crippen LogP contribution in [0.25, 0.3) is 11.3 Å². The van der Waals surface area contributed by atoms with Crippen molar-refractivity contribution in [2.75, 3.05) is 10.7 Å². The summed E-state index contributed by atoms with van der Waals surface area (Å²) in [5.41, 5.74) is 1.21. The third-order valence-corrected chi connectivity index (χ3v) is 5.09. The van der Waals surface area contributed by atoms with Crippen molar-refractivity contribution in [2.45, 2.75) is 25.2 Å². The first-order chi connectivity index (χ1) is 14.0. The lowest BCUT2D eigenvalue weighted by molar-refractivity contribution is -0.118. The number of aromatic nitrogens is 3. The number of para-hydroxylation sites is 1. The van der Waals surface area contributed by atoms with Crippen LogP contribution in [0.2, 0.25) is 0 Å². The van der Waals surface area contributed by atoms with Crippen molar-refractivity contribution in [1.29, 1.82) is 0 Å². The van der Waals surface area contributed by atoms with Gasteiger partial charge in [0.1, 0.15) is 0 Å². The zero-order valence-corrected chi connectivity index (χ0v) is 16.4. The third-order valence-electron chi connectivity index (χ3n) is 4.37. The molecule has 0 N–H and O–H groups in total. The monoisotopic (exact) mass is 414 g/mol. The Balaban J connectivity index is 1.98. The number of nitrogens with zero attached hydrogens (tertiary/aromatic N) is 4. The molecule has 148 valence electrons. The van der Waals surface area contributed by atoms with Crippen molar-refractivity contribution in [3.05, 3.63) is 59.7 Å². The molecule has 1 amide bonds. The van der Waals surface area contributed by atoms with E-state index in [0.717, 1.165) is 11.8 Å². The van der Waals surface area contributed by atoms with E-state index >= 15 is 0 Å². The molecule has 0 aliphatic carbocycles. The highest BCUT2D eigenvalue weighted by molar-refractivity contribution is 7.99. The van der Waals surface area contributed by atoms with E-state index in [1.54, 1.807) is 24.3 Å². The van der Waals surface area contributed by atoms with Gasteiger partial charge in [-0.3, -0.25) is 9.69 Å². The highest BCUT2D eigenvalue weighted by Crippen LogP contribution is 2.43. The van der Waals surface area contributed by atoms with Crippen molar-refractivity contribution in [3.8, 4) is 17.1 Å². The van der Waals surface area contributed by atoms with Gasteiger partial charge in [0.2, 0.25) is 23.2 Å². The van der Waals surface area contributed by atoms with Crippen molar-refractivity contribution in [2.24, 2.45) is 0 Å². The predicted octanol–water partition coefficient (Wildman–Crippen LogP) is 4.37. The summed E-state index contributed by atoms with van der Waals surface area (Å²) in [7, 11) is 0. The van der Waals surface area contributed by atoms with E-state index in [1.807, 2.05) is 6.92 Å². The molecular formula is C20H16F2N4O2S. The van der Waals surface area contributed by atoms with Crippen LogP contribution in [0.4, 0.5) is 14.5 Å². The van der Waals surface area contributed by atoms with Crippen molar-refractivity contribution in [1.82, 2.24) is 15.2 Å². The number of amides is 1. The Hall–Kier alpha value is -3.07. The Kier molecular flexibility index (Phi) is 5.14. The molecule has 1 aliphatic heterocycles. The summed E-state index contributed by atoms with van der Waals surface area (Å²) in [4.78, 5) is 18.2. The van der Waals surface area contributed by atoms with Crippen LogP contribution < -0.4 is 9.64 Å². The van der Waals surface area contributed by atoms with E-state index in [-0.39, 0.29) is 11.4 Å². The summed E-state index contributed by atoms with van der Waals surface area (Å²) in [6.07, 6.45) is -1.26. The molecule has 1 atom stereocenters. The fraction of sp³-hybridized carbons (Fsp3) is 0.200. The van der Waals surface area contributed by atoms with Gasteiger partial charge >= 0.3 is 0 Å². The molecule has 1 aromatic heterocycles. The molecule has 2 heterocycles. The molecule has 0 bridgehead atoms. The first-order valence-electron chi connectivity index (χ1n) is 8.88. The number of anilines is 1. The minimum Gasteiger partial charge on any atom is -0.447 e. The predicted molar refractivity (Wildman–Crippen MR) is 105 cm³/mol. The Morgan fingerprint density at radius 2 is 1.97 bits per heavy atom. The molecule has 1 aliphatic rings. The average molecular weight is 414 g/mol. The number of fused-ring (bicyclic) bond motifs is 3. The molecule has 0 saturated heterocycles. The van der Waals surface area contributed by atoms with Gasteiger partial charge < -0.3 is 4.74 Å². The number of hydrogen-bond donors (Lipinski definition) is 0. The number of carbonyl (C=O) groups excluding carboxylic acids is 1. The van der Waals surface area contributed by atoms with E-state index < -0.39 is 23.8 Å². The number of halogens is 2. The van der Waals surface area contributed by atoms with E-state index in [1.165, 1.54) is 35.7 Å². The molecule has 2 aromatic carbocycles. The summed E-state index contributed by atoms with van der Waals surface area (Å²) in [5.74, 6) is -1.71. The zero-order chi connectivity index (χ0) is 20.5. The Labute approximate surface area is 169 Å². The minimum absolute atomic E-state index is 0.0980. The summed E-state index contributed by atoms with van der Waals surface area (Å²) in [6, 6.07) is 10.7. The zero-order valence-electron chi connectivity index (χ0n) is 15.6. The standard InChI is InChI=1S/C20H16F2N4O2S/c1-3-29-20-23-18-17(24-25-20)12-7-4-5-10-15(12)26(11(2)27)19(28-18)13-8-6-9-14(21)16(13)22/h4-10,19H,3H2,1-2H3/t19-/m0/s1. The third kappa shape index (κ3) is 3.42. The van der Waals surface area contributed by atoms with Crippen LogP contribution >= 0.6 is 11.8 Å². The van der Waals surface area contributed by atoms with Crippen molar-refractivity contribution >= 4 is 23.4 Å². The number of hydrogen-bond acceptors (Lipinski definition) is 6. The summed E-state index contributed by atoms with van der Waals surface area (Å²) < 4.78 is 34.6. The molecule has 0 radical (unpaired) electrons. The summed E-state index contributed by atoms with van der Waals surface area (Å²) >= 11 is 1.37. The smallest absolute Gasteiger partial charge is 0.247 e. The van der Waals surface area contributed by atoms with E-state index in [9.17, 15) is 13.6 Å². The maximum Gasteiger partial charge on any atom is 0.247 e. The van der Waals surface area contributed by atoms with Crippen LogP contribution in [-0.4, -0.2) is 26.8 Å².